The lowest BCUT2D eigenvalue weighted by Gasteiger charge is -2.31. The number of carbonyl (C=O) groups excluding carboxylic acids is 1. The maximum Gasteiger partial charge on any atom is 0.522 e. The first kappa shape index (κ1) is 48.6. The number of benzene rings is 2. The van der Waals surface area contributed by atoms with Crippen LogP contribution in [0.1, 0.15) is 69.2 Å². The van der Waals surface area contributed by atoms with E-state index in [0.29, 0.717) is 31.4 Å². The van der Waals surface area contributed by atoms with Gasteiger partial charge in [-0.15, -0.1) is 0 Å². The summed E-state index contributed by atoms with van der Waals surface area (Å²) in [6.45, 7) is 17.0. The van der Waals surface area contributed by atoms with Gasteiger partial charge in [-0.2, -0.15) is 31.8 Å². The zero-order valence-electron chi connectivity index (χ0n) is 34.0. The molecule has 0 bridgehead atoms. The molecule has 326 valence electrons. The van der Waals surface area contributed by atoms with Crippen molar-refractivity contribution in [3.63, 3.8) is 0 Å². The van der Waals surface area contributed by atoms with Crippen molar-refractivity contribution in [3.8, 4) is 0 Å². The van der Waals surface area contributed by atoms with Gasteiger partial charge >= 0.3 is 27.6 Å². The number of aliphatic carboxylic acids is 1. The molecular formula is C38H43Cl4F3N6O7SSi. The van der Waals surface area contributed by atoms with E-state index in [-0.39, 0.29) is 5.57 Å². The standard InChI is InChI=1S/C19H21Cl2N3O2.C15H13Cl2N3O2.C4H9F3O3SSi/c1-10-8-15-22-11(2)16(18(25)26-19(3,4)5)17(24(15)23-10)12-6-7-13(20)14(21)9-12;1-7-5-12-18-8(2)13(15(21)22)14(20(12)19-7)9-3-4-10(16)11(17)6-9;1-12(2,3)10-11(8,9)4(5,6)7/h6-9,17,22H,1-5H3;3-6,14,18H,1-2H3,(H,21,22);1-3H3. The topological polar surface area (TPSA) is 167 Å². The Kier molecular flexibility index (Phi) is 14.7. The number of hydrogen-bond donors (Lipinski definition) is 3. The Balaban J connectivity index is 0.000000212. The number of allylic oxidation sites excluding steroid dienone is 2. The Labute approximate surface area is 366 Å². The number of halogens is 7. The van der Waals surface area contributed by atoms with E-state index in [4.69, 9.17) is 51.1 Å². The van der Waals surface area contributed by atoms with E-state index in [9.17, 15) is 36.3 Å². The second kappa shape index (κ2) is 18.1. The van der Waals surface area contributed by atoms with Crippen molar-refractivity contribution in [1.29, 1.82) is 0 Å². The van der Waals surface area contributed by atoms with Gasteiger partial charge in [0.1, 0.15) is 29.3 Å². The highest BCUT2D eigenvalue weighted by atomic mass is 35.5. The van der Waals surface area contributed by atoms with Gasteiger partial charge in [0.25, 0.3) is 0 Å². The molecule has 0 aliphatic carbocycles. The zero-order chi connectivity index (χ0) is 45.4. The van der Waals surface area contributed by atoms with Crippen LogP contribution in [0.5, 0.6) is 0 Å². The number of carboxylic acid groups (broad SMARTS) is 1. The number of aryl methyl sites for hydroxylation is 2. The van der Waals surface area contributed by atoms with Gasteiger partial charge in [0.15, 0.2) is 0 Å². The highest BCUT2D eigenvalue weighted by Crippen LogP contribution is 2.40. The van der Waals surface area contributed by atoms with Gasteiger partial charge in [-0.1, -0.05) is 58.5 Å². The molecule has 2 atom stereocenters. The van der Waals surface area contributed by atoms with Gasteiger partial charge in [-0.25, -0.2) is 19.0 Å². The number of carboxylic acids is 1. The summed E-state index contributed by atoms with van der Waals surface area (Å²) in [6, 6.07) is 13.2. The Morgan fingerprint density at radius 3 is 1.47 bits per heavy atom. The Bertz CT molecular complexity index is 2490. The smallest absolute Gasteiger partial charge is 0.478 e. The molecule has 0 saturated heterocycles. The number of fused-ring (bicyclic) bond motifs is 2. The fraction of sp³-hybridized carbons (Fsp3) is 0.368. The molecule has 0 saturated carbocycles. The van der Waals surface area contributed by atoms with Crippen LogP contribution in [0.25, 0.3) is 0 Å². The van der Waals surface area contributed by atoms with Gasteiger partial charge < -0.3 is 24.3 Å². The van der Waals surface area contributed by atoms with Crippen LogP contribution < -0.4 is 10.6 Å². The number of esters is 1. The summed E-state index contributed by atoms with van der Waals surface area (Å²) in [4.78, 5) is 24.7. The molecular weight excluding hydrogens is 911 g/mol. The third-order valence-corrected chi connectivity index (χ3v) is 13.1. The number of hydrogen-bond acceptors (Lipinski definition) is 10. The Hall–Kier alpha value is -4.04. The fourth-order valence-electron chi connectivity index (χ4n) is 6.02. The first-order chi connectivity index (χ1) is 27.4. The average Bonchev–Trinajstić information content (AvgIpc) is 3.64. The highest BCUT2D eigenvalue weighted by Gasteiger charge is 2.49. The summed E-state index contributed by atoms with van der Waals surface area (Å²) in [7, 11) is -8.10. The summed E-state index contributed by atoms with van der Waals surface area (Å²) in [5, 5.41) is 26.6. The molecule has 13 nitrogen and oxygen atoms in total. The van der Waals surface area contributed by atoms with Crippen LogP contribution in [0.4, 0.5) is 24.8 Å². The SMILES string of the molecule is CC1=C(C(=O)O)C(c2ccc(Cl)c(Cl)c2)n2nc(C)cc2N1.CC1=C(C(=O)OC(C)(C)C)C(c2ccc(Cl)c(Cl)c2)n2nc(C)cc2N1.C[Si](C)(C)OS(=O)(=O)C(F)(F)F. The molecule has 22 heteroatoms. The monoisotopic (exact) mass is 952 g/mol. The molecule has 6 rings (SSSR count). The molecule has 2 aliphatic heterocycles. The normalized spacial score (nSPS) is 16.6. The molecule has 3 N–H and O–H groups in total. The van der Waals surface area contributed by atoms with Gasteiger partial charge in [-0.05, 0) is 103 Å². The maximum absolute atomic E-state index is 13.0. The number of nitrogens with zero attached hydrogens (tertiary/aromatic N) is 4. The van der Waals surface area contributed by atoms with E-state index in [2.05, 4.69) is 24.7 Å². The molecule has 2 aromatic carbocycles. The second-order valence-electron chi connectivity index (χ2n) is 15.6. The Morgan fingerprint density at radius 2 is 1.13 bits per heavy atom. The lowest BCUT2D eigenvalue weighted by atomic mass is 9.95. The summed E-state index contributed by atoms with van der Waals surface area (Å²) < 4.78 is 68.8. The van der Waals surface area contributed by atoms with Crippen molar-refractivity contribution in [3.05, 3.63) is 114 Å². The number of rotatable bonds is 6. The molecule has 2 unspecified atom stereocenters. The van der Waals surface area contributed by atoms with Crippen LogP contribution in [0.3, 0.4) is 0 Å². The predicted molar refractivity (Wildman–Crippen MR) is 229 cm³/mol. The molecule has 0 radical (unpaired) electrons. The van der Waals surface area contributed by atoms with E-state index in [1.54, 1.807) is 46.6 Å². The number of nitrogens with one attached hydrogen (secondary N) is 2. The zero-order valence-corrected chi connectivity index (χ0v) is 38.9. The van der Waals surface area contributed by atoms with E-state index in [1.165, 1.54) is 19.6 Å². The minimum atomic E-state index is -5.39. The quantitative estimate of drug-likeness (QED) is 0.0956. The summed E-state index contributed by atoms with van der Waals surface area (Å²) in [5.74, 6) is 0.164. The van der Waals surface area contributed by atoms with Gasteiger partial charge in [0, 0.05) is 23.5 Å². The lowest BCUT2D eigenvalue weighted by molar-refractivity contribution is -0.150. The number of ether oxygens (including phenoxy) is 1. The van der Waals surface area contributed by atoms with Crippen molar-refractivity contribution in [1.82, 2.24) is 19.6 Å². The first-order valence-corrected chi connectivity index (χ1v) is 24.2. The predicted octanol–water partition coefficient (Wildman–Crippen LogP) is 10.7. The van der Waals surface area contributed by atoms with Crippen molar-refractivity contribution in [2.24, 2.45) is 0 Å². The number of alkyl halides is 3. The van der Waals surface area contributed by atoms with Crippen LogP contribution >= 0.6 is 46.4 Å². The van der Waals surface area contributed by atoms with E-state index in [1.807, 2.05) is 59.7 Å². The maximum atomic E-state index is 13.0. The summed E-state index contributed by atoms with van der Waals surface area (Å²) in [6.07, 6.45) is 0. The molecule has 4 aromatic rings. The highest BCUT2D eigenvalue weighted by molar-refractivity contribution is 7.88. The first-order valence-electron chi connectivity index (χ1n) is 17.9. The van der Waals surface area contributed by atoms with E-state index >= 15 is 0 Å². The van der Waals surface area contributed by atoms with Gasteiger partial charge in [0.05, 0.1) is 42.6 Å². The van der Waals surface area contributed by atoms with Crippen LogP contribution in [0, 0.1) is 13.8 Å². The minimum Gasteiger partial charge on any atom is -0.478 e. The molecule has 2 aliphatic rings. The van der Waals surface area contributed by atoms with Crippen molar-refractivity contribution in [2.75, 3.05) is 10.6 Å². The van der Waals surface area contributed by atoms with Gasteiger partial charge in [0.2, 0.25) is 8.32 Å². The summed E-state index contributed by atoms with van der Waals surface area (Å²) in [5.41, 5.74) is -0.716. The Morgan fingerprint density at radius 1 is 0.733 bits per heavy atom. The molecule has 0 fully saturated rings. The third kappa shape index (κ3) is 11.7. The van der Waals surface area contributed by atoms with Gasteiger partial charge in [-0.3, -0.25) is 0 Å². The minimum absolute atomic E-state index is 0.231. The van der Waals surface area contributed by atoms with Crippen molar-refractivity contribution in [2.45, 2.75) is 91.3 Å². The summed E-state index contributed by atoms with van der Waals surface area (Å²) >= 11 is 24.3. The van der Waals surface area contributed by atoms with E-state index in [0.717, 1.165) is 39.8 Å². The van der Waals surface area contributed by atoms with E-state index < -0.39 is 53.6 Å². The van der Waals surface area contributed by atoms with Crippen LogP contribution in [-0.2, 0) is 28.3 Å². The molecule has 0 spiro atoms. The van der Waals surface area contributed by atoms with Crippen molar-refractivity contribution < 1.29 is 44.9 Å². The molecule has 2 aromatic heterocycles. The second-order valence-corrected chi connectivity index (χ2v) is 23.5. The number of anilines is 2. The van der Waals surface area contributed by atoms with Crippen molar-refractivity contribution >= 4 is 88.4 Å². The van der Waals surface area contributed by atoms with Crippen LogP contribution in [0.2, 0.25) is 39.7 Å². The third-order valence-electron chi connectivity index (χ3n) is 8.20. The number of carbonyl (C=O) groups is 2. The fourth-order valence-corrected chi connectivity index (χ4v) is 9.64. The van der Waals surface area contributed by atoms with Crippen LogP contribution in [-0.4, -0.2) is 64.5 Å². The molecule has 60 heavy (non-hydrogen) atoms. The molecule has 4 heterocycles. The lowest BCUT2D eigenvalue weighted by Crippen LogP contribution is -2.36. The number of aromatic nitrogens is 4. The average molecular weight is 955 g/mol. The molecule has 0 amide bonds. The van der Waals surface area contributed by atoms with Crippen LogP contribution in [0.15, 0.2) is 71.1 Å². The largest absolute Gasteiger partial charge is 0.522 e.